The van der Waals surface area contributed by atoms with Crippen molar-refractivity contribution in [1.82, 2.24) is 5.43 Å². The lowest BCUT2D eigenvalue weighted by atomic mass is 10.0. The fourth-order valence-electron chi connectivity index (χ4n) is 1.28. The standard InChI is InChI=1S/C10H11F3N2/c1-7(6-15-14)8-4-2-3-5-9(8)10(11,12)13/h2-6,15H,14H2,1H3/b7-6+. The topological polar surface area (TPSA) is 38.0 Å². The van der Waals surface area contributed by atoms with E-state index < -0.39 is 11.7 Å². The average molecular weight is 216 g/mol. The van der Waals surface area contributed by atoms with Crippen molar-refractivity contribution in [3.63, 3.8) is 0 Å². The lowest BCUT2D eigenvalue weighted by Gasteiger charge is -2.12. The van der Waals surface area contributed by atoms with Gasteiger partial charge in [0, 0.05) is 6.20 Å². The van der Waals surface area contributed by atoms with Gasteiger partial charge in [-0.25, -0.2) is 0 Å². The molecule has 0 aliphatic rings. The molecule has 0 heterocycles. The molecule has 0 aliphatic heterocycles. The molecule has 1 aromatic rings. The summed E-state index contributed by atoms with van der Waals surface area (Å²) < 4.78 is 37.7. The zero-order valence-electron chi connectivity index (χ0n) is 8.10. The van der Waals surface area contributed by atoms with Crippen LogP contribution in [0.3, 0.4) is 0 Å². The van der Waals surface area contributed by atoms with Gasteiger partial charge < -0.3 is 5.43 Å². The minimum Gasteiger partial charge on any atom is -0.331 e. The number of benzene rings is 1. The van der Waals surface area contributed by atoms with Gasteiger partial charge in [-0.15, -0.1) is 0 Å². The molecular formula is C10H11F3N2. The van der Waals surface area contributed by atoms with Crippen LogP contribution in [0.5, 0.6) is 0 Å². The first-order chi connectivity index (χ1) is 6.96. The Kier molecular flexibility index (Phi) is 3.36. The number of nitrogens with one attached hydrogen (secondary N) is 1. The van der Waals surface area contributed by atoms with Gasteiger partial charge >= 0.3 is 6.18 Å². The number of nitrogens with two attached hydrogens (primary N) is 1. The molecule has 0 radical (unpaired) electrons. The van der Waals surface area contributed by atoms with Gasteiger partial charge in [0.1, 0.15) is 0 Å². The van der Waals surface area contributed by atoms with Crippen LogP contribution in [0.4, 0.5) is 13.2 Å². The van der Waals surface area contributed by atoms with E-state index in [1.165, 1.54) is 18.3 Å². The van der Waals surface area contributed by atoms with Crippen LogP contribution in [0.1, 0.15) is 18.1 Å². The second-order valence-electron chi connectivity index (χ2n) is 3.04. The number of alkyl halides is 3. The molecule has 0 saturated heterocycles. The number of hydrazine groups is 1. The Morgan fingerprint density at radius 3 is 2.47 bits per heavy atom. The van der Waals surface area contributed by atoms with E-state index >= 15 is 0 Å². The molecule has 1 aromatic carbocycles. The predicted molar refractivity (Wildman–Crippen MR) is 52.4 cm³/mol. The van der Waals surface area contributed by atoms with Crippen LogP contribution in [-0.4, -0.2) is 0 Å². The van der Waals surface area contributed by atoms with Gasteiger partial charge in [-0.1, -0.05) is 18.2 Å². The van der Waals surface area contributed by atoms with Crippen LogP contribution in [0.15, 0.2) is 30.5 Å². The van der Waals surface area contributed by atoms with Crippen molar-refractivity contribution >= 4 is 5.57 Å². The van der Waals surface area contributed by atoms with E-state index in [9.17, 15) is 13.2 Å². The third-order valence-electron chi connectivity index (χ3n) is 1.96. The number of hydrogen-bond acceptors (Lipinski definition) is 2. The summed E-state index contributed by atoms with van der Waals surface area (Å²) in [6, 6.07) is 5.36. The summed E-state index contributed by atoms with van der Waals surface area (Å²) in [4.78, 5) is 0. The molecule has 0 saturated carbocycles. The van der Waals surface area contributed by atoms with E-state index in [1.54, 1.807) is 13.0 Å². The number of allylic oxidation sites excluding steroid dienone is 1. The van der Waals surface area contributed by atoms with Gasteiger partial charge in [-0.2, -0.15) is 13.2 Å². The quantitative estimate of drug-likeness (QED) is 0.589. The Hall–Kier alpha value is -1.49. The van der Waals surface area contributed by atoms with E-state index in [0.29, 0.717) is 5.57 Å². The van der Waals surface area contributed by atoms with Gasteiger partial charge in [-0.3, -0.25) is 5.84 Å². The molecule has 0 fully saturated rings. The van der Waals surface area contributed by atoms with Crippen molar-refractivity contribution in [2.75, 3.05) is 0 Å². The SMILES string of the molecule is C/C(=C\NN)c1ccccc1C(F)(F)F. The molecule has 15 heavy (non-hydrogen) atoms. The molecule has 2 nitrogen and oxygen atoms in total. The fourth-order valence-corrected chi connectivity index (χ4v) is 1.28. The zero-order chi connectivity index (χ0) is 11.5. The number of rotatable bonds is 2. The molecule has 82 valence electrons. The maximum atomic E-state index is 12.6. The van der Waals surface area contributed by atoms with E-state index in [2.05, 4.69) is 5.43 Å². The summed E-state index contributed by atoms with van der Waals surface area (Å²) in [5.74, 6) is 5.02. The average Bonchev–Trinajstić information content (AvgIpc) is 2.17. The van der Waals surface area contributed by atoms with Crippen LogP contribution in [0, 0.1) is 0 Å². The highest BCUT2D eigenvalue weighted by molar-refractivity contribution is 5.66. The highest BCUT2D eigenvalue weighted by atomic mass is 19.4. The minimum absolute atomic E-state index is 0.128. The van der Waals surface area contributed by atoms with E-state index in [0.717, 1.165) is 6.07 Å². The van der Waals surface area contributed by atoms with Crippen molar-refractivity contribution in [2.45, 2.75) is 13.1 Å². The molecule has 0 unspecified atom stereocenters. The summed E-state index contributed by atoms with van der Waals surface area (Å²) in [6.07, 6.45) is -3.02. The molecule has 0 amide bonds. The summed E-state index contributed by atoms with van der Waals surface area (Å²) in [5, 5.41) is 0. The van der Waals surface area contributed by atoms with Gasteiger partial charge in [0.25, 0.3) is 0 Å². The molecule has 0 aliphatic carbocycles. The first kappa shape index (κ1) is 11.6. The normalized spacial score (nSPS) is 12.7. The van der Waals surface area contributed by atoms with Crippen LogP contribution >= 0.6 is 0 Å². The van der Waals surface area contributed by atoms with Gasteiger partial charge in [0.15, 0.2) is 0 Å². The van der Waals surface area contributed by atoms with Crippen molar-refractivity contribution in [1.29, 1.82) is 0 Å². The van der Waals surface area contributed by atoms with Gasteiger partial charge in [0.05, 0.1) is 5.56 Å². The van der Waals surface area contributed by atoms with Gasteiger partial charge in [0.2, 0.25) is 0 Å². The van der Waals surface area contributed by atoms with Crippen molar-refractivity contribution < 1.29 is 13.2 Å². The highest BCUT2D eigenvalue weighted by Gasteiger charge is 2.33. The van der Waals surface area contributed by atoms with E-state index in [1.807, 2.05) is 0 Å². The largest absolute Gasteiger partial charge is 0.416 e. The van der Waals surface area contributed by atoms with Crippen molar-refractivity contribution in [2.24, 2.45) is 5.84 Å². The smallest absolute Gasteiger partial charge is 0.331 e. The Morgan fingerprint density at radius 2 is 1.93 bits per heavy atom. The highest BCUT2D eigenvalue weighted by Crippen LogP contribution is 2.34. The molecule has 0 bridgehead atoms. The fraction of sp³-hybridized carbons (Fsp3) is 0.200. The van der Waals surface area contributed by atoms with Crippen LogP contribution < -0.4 is 11.3 Å². The molecule has 0 atom stereocenters. The Morgan fingerprint density at radius 1 is 1.33 bits per heavy atom. The van der Waals surface area contributed by atoms with Crippen LogP contribution in [0.2, 0.25) is 0 Å². The van der Waals surface area contributed by atoms with Crippen LogP contribution in [0.25, 0.3) is 5.57 Å². The number of hydrogen-bond donors (Lipinski definition) is 2. The van der Waals surface area contributed by atoms with Crippen LogP contribution in [-0.2, 0) is 6.18 Å². The molecule has 1 rings (SSSR count). The molecule has 0 spiro atoms. The van der Waals surface area contributed by atoms with Crippen molar-refractivity contribution in [3.8, 4) is 0 Å². The summed E-state index contributed by atoms with van der Waals surface area (Å²) in [5.41, 5.74) is 2.12. The Balaban J connectivity index is 3.24. The lowest BCUT2D eigenvalue weighted by molar-refractivity contribution is -0.137. The summed E-state index contributed by atoms with van der Waals surface area (Å²) in [6.45, 7) is 1.56. The van der Waals surface area contributed by atoms with E-state index in [-0.39, 0.29) is 5.56 Å². The summed E-state index contributed by atoms with van der Waals surface area (Å²) in [7, 11) is 0. The van der Waals surface area contributed by atoms with Gasteiger partial charge in [-0.05, 0) is 24.1 Å². The maximum Gasteiger partial charge on any atom is 0.416 e. The summed E-state index contributed by atoms with van der Waals surface area (Å²) >= 11 is 0. The molecular weight excluding hydrogens is 205 g/mol. The van der Waals surface area contributed by atoms with E-state index in [4.69, 9.17) is 5.84 Å². The first-order valence-corrected chi connectivity index (χ1v) is 4.26. The zero-order valence-corrected chi connectivity index (χ0v) is 8.10. The first-order valence-electron chi connectivity index (χ1n) is 4.26. The predicted octanol–water partition coefficient (Wildman–Crippen LogP) is 2.53. The monoisotopic (exact) mass is 216 g/mol. The second-order valence-corrected chi connectivity index (χ2v) is 3.04. The molecule has 5 heteroatoms. The second kappa shape index (κ2) is 4.35. The Bertz CT molecular complexity index is 369. The molecule has 0 aromatic heterocycles. The van der Waals surface area contributed by atoms with Crippen molar-refractivity contribution in [3.05, 3.63) is 41.6 Å². The minimum atomic E-state index is -4.35. The Labute approximate surface area is 85.6 Å². The third-order valence-corrected chi connectivity index (χ3v) is 1.96. The maximum absolute atomic E-state index is 12.6. The molecule has 3 N–H and O–H groups in total. The number of halogens is 3. The third kappa shape index (κ3) is 2.73. The lowest BCUT2D eigenvalue weighted by Crippen LogP contribution is -2.15.